The van der Waals surface area contributed by atoms with Crippen molar-refractivity contribution in [2.75, 3.05) is 0 Å². The Labute approximate surface area is 445 Å². The molecule has 0 N–H and O–H groups in total. The highest BCUT2D eigenvalue weighted by Crippen LogP contribution is 2.44. The van der Waals surface area contributed by atoms with Crippen LogP contribution in [0.4, 0.5) is 0 Å². The molecule has 52 radical (unpaired) electrons. The maximum Gasteiger partial charge on any atom is 0.128 e. The van der Waals surface area contributed by atoms with Gasteiger partial charge in [-0.3, -0.25) is 0 Å². The summed E-state index contributed by atoms with van der Waals surface area (Å²) in [6.07, 6.45) is 0. The van der Waals surface area contributed by atoms with Crippen LogP contribution in [0.25, 0.3) is 98.1 Å². The zero-order valence-electron chi connectivity index (χ0n) is 37.4. The third-order valence-corrected chi connectivity index (χ3v) is 14.1. The highest BCUT2D eigenvalue weighted by atomic mass is 16.3. The van der Waals surface area contributed by atoms with Crippen molar-refractivity contribution < 1.29 is 4.42 Å². The predicted molar refractivity (Wildman–Crippen MR) is 332 cm³/mol. The number of hydrogen-bond donors (Lipinski definition) is 0. The van der Waals surface area contributed by atoms with E-state index in [1.165, 1.54) is 0 Å². The molecule has 0 unspecified atom stereocenters. The Kier molecular flexibility index (Phi) is 11.8. The monoisotopic (exact) mass is 830 g/mol. The summed E-state index contributed by atoms with van der Waals surface area (Å²) >= 11 is 0. The Morgan fingerprint density at radius 2 is 0.338 bits per heavy atom. The standard InChI is InChI=1S/C44B26O/c45-17-14-15(30(58)40(68)39(67)29(14)57)31(59)44-16(17)12-8(24(52)41(69)42(70)43(12)71-44)2-5-3(20(48)33(61)35(63)22(5)50)1(4-6(2)23(51)36(64)34(62)21(4)49)7-9-10(25(53)32(60)19(7)47)11-13(27(55)18(9)46)28(56)38(66)37(65)26(11)54. The van der Waals surface area contributed by atoms with Crippen LogP contribution < -0.4 is 142 Å². The highest BCUT2D eigenvalue weighted by Gasteiger charge is 2.32. The average Bonchev–Trinajstić information content (AvgIpc) is 3.75. The van der Waals surface area contributed by atoms with Gasteiger partial charge in [0.1, 0.15) is 215 Å². The fourth-order valence-corrected chi connectivity index (χ4v) is 10.4. The molecular formula is C44B26O. The summed E-state index contributed by atoms with van der Waals surface area (Å²) in [7, 11) is 177. The van der Waals surface area contributed by atoms with E-state index in [1.54, 1.807) is 0 Å². The van der Waals surface area contributed by atoms with E-state index in [0.29, 0.717) is 0 Å². The second-order valence-corrected chi connectivity index (χ2v) is 17.5. The first-order valence-corrected chi connectivity index (χ1v) is 20.9. The molecule has 0 aliphatic carbocycles. The van der Waals surface area contributed by atoms with Gasteiger partial charge in [0, 0.05) is 10.8 Å². The van der Waals surface area contributed by atoms with Crippen LogP contribution in [-0.4, -0.2) is 204 Å². The first kappa shape index (κ1) is 50.3. The normalized spacial score (nSPS) is 12.0. The number of benzene rings is 9. The van der Waals surface area contributed by atoms with Gasteiger partial charge in [-0.15, -0.1) is 54.6 Å². The highest BCUT2D eigenvalue weighted by molar-refractivity contribution is 6.78. The van der Waals surface area contributed by atoms with Crippen LogP contribution in [0.1, 0.15) is 0 Å². The van der Waals surface area contributed by atoms with Crippen molar-refractivity contribution in [2.24, 2.45) is 0 Å². The maximum atomic E-state index is 7.18. The SMILES string of the molecule is [B]c1c([B])c(-c2c3c([B])c([B])c([B])c([B])c3c(-c3c([B])c([B])c([B])c4c3c([B])c([B])c3c([B])c([B])c([B])c([B])c34)c3c([B])c([B])c([B])c([B])c23)c2c(oc3c([B])c4c([B])c([B])c([B])c([B])c4c([B])c32)c1[B]. The molecule has 0 aliphatic rings. The minimum Gasteiger partial charge on any atom is -0.457 e. The molecule has 0 atom stereocenters. The summed E-state index contributed by atoms with van der Waals surface area (Å²) in [6, 6.07) is 0. The van der Waals surface area contributed by atoms with E-state index in [-0.39, 0.29) is 240 Å². The molecule has 10 aromatic rings. The van der Waals surface area contributed by atoms with Gasteiger partial charge in [-0.1, -0.05) is 81.9 Å². The fraction of sp³-hybridized carbons (Fsp3) is 0. The molecule has 0 bridgehead atoms. The summed E-state index contributed by atoms with van der Waals surface area (Å²) in [5, 5.41) is 0.740. The van der Waals surface area contributed by atoms with E-state index < -0.39 is 0 Å². The van der Waals surface area contributed by atoms with Crippen LogP contribution >= 0.6 is 0 Å². The molecule has 71 heavy (non-hydrogen) atoms. The molecule has 0 amide bonds. The molecule has 1 nitrogen and oxygen atoms in total. The molecular weight excluding hydrogens is 826 g/mol. The Balaban J connectivity index is 1.59. The van der Waals surface area contributed by atoms with Gasteiger partial charge in [0.15, 0.2) is 0 Å². The summed E-state index contributed by atoms with van der Waals surface area (Å²) in [5.74, 6) is 0. The van der Waals surface area contributed by atoms with Gasteiger partial charge < -0.3 is 4.42 Å². The van der Waals surface area contributed by atoms with E-state index in [0.717, 1.165) is 0 Å². The number of furan rings is 1. The van der Waals surface area contributed by atoms with Gasteiger partial charge in [0.25, 0.3) is 0 Å². The minimum atomic E-state index is -0.198. The second kappa shape index (κ2) is 16.6. The molecule has 1 heterocycles. The number of hydrogen-bond acceptors (Lipinski definition) is 1. The van der Waals surface area contributed by atoms with Gasteiger partial charge in [-0.25, -0.2) is 0 Å². The largest absolute Gasteiger partial charge is 0.457 e. The van der Waals surface area contributed by atoms with Crippen molar-refractivity contribution in [1.29, 1.82) is 0 Å². The van der Waals surface area contributed by atoms with E-state index in [2.05, 4.69) is 0 Å². The third kappa shape index (κ3) is 6.20. The number of rotatable bonds is 2. The zero-order chi connectivity index (χ0) is 52.1. The van der Waals surface area contributed by atoms with E-state index >= 15 is 0 Å². The van der Waals surface area contributed by atoms with Crippen LogP contribution in [0, 0.1) is 0 Å². The first-order chi connectivity index (χ1) is 33.2. The van der Waals surface area contributed by atoms with E-state index in [4.69, 9.17) is 208 Å². The van der Waals surface area contributed by atoms with Crippen LogP contribution in [0.3, 0.4) is 0 Å². The topological polar surface area (TPSA) is 13.1 Å². The van der Waals surface area contributed by atoms with Gasteiger partial charge >= 0.3 is 0 Å². The molecule has 0 fully saturated rings. The molecule has 0 saturated carbocycles. The van der Waals surface area contributed by atoms with Gasteiger partial charge in [0.2, 0.25) is 0 Å². The Morgan fingerprint density at radius 3 is 0.718 bits per heavy atom. The van der Waals surface area contributed by atoms with Gasteiger partial charge in [-0.2, -0.15) is 0 Å². The number of fused-ring (bicyclic) bond motifs is 9. The molecule has 260 valence electrons. The second-order valence-electron chi connectivity index (χ2n) is 17.5. The van der Waals surface area contributed by atoms with Gasteiger partial charge in [0.05, 0.1) is 0 Å². The molecule has 0 saturated heterocycles. The fourth-order valence-electron chi connectivity index (χ4n) is 10.4. The molecule has 1 aromatic heterocycles. The molecule has 10 rings (SSSR count). The van der Waals surface area contributed by atoms with Crippen LogP contribution in [-0.2, 0) is 0 Å². The van der Waals surface area contributed by atoms with Crippen LogP contribution in [0.5, 0.6) is 0 Å². The van der Waals surface area contributed by atoms with Crippen molar-refractivity contribution in [2.45, 2.75) is 0 Å². The molecule has 27 heteroatoms. The van der Waals surface area contributed by atoms with Crippen LogP contribution in [0.2, 0.25) is 0 Å². The maximum absolute atomic E-state index is 7.18. The lowest BCUT2D eigenvalue weighted by Crippen LogP contribution is -2.52. The lowest BCUT2D eigenvalue weighted by Gasteiger charge is -2.32. The van der Waals surface area contributed by atoms with Gasteiger partial charge in [-0.05, 0) is 81.6 Å². The molecule has 0 spiro atoms. The smallest absolute Gasteiger partial charge is 0.128 e. The Bertz CT molecular complexity index is 4210. The summed E-state index contributed by atoms with van der Waals surface area (Å²) in [5.41, 5.74) is -3.59. The Hall–Kier alpha value is -4.23. The lowest BCUT2D eigenvalue weighted by molar-refractivity contribution is 0.675. The van der Waals surface area contributed by atoms with E-state index in [9.17, 15) is 0 Å². The molecule has 0 aliphatic heterocycles. The lowest BCUT2D eigenvalue weighted by atomic mass is 9.56. The third-order valence-electron chi connectivity index (χ3n) is 14.1. The van der Waals surface area contributed by atoms with Crippen molar-refractivity contribution in [3.8, 4) is 22.3 Å². The van der Waals surface area contributed by atoms with Crippen molar-refractivity contribution in [1.82, 2.24) is 0 Å². The summed E-state index contributed by atoms with van der Waals surface area (Å²) in [4.78, 5) is 0. The zero-order valence-corrected chi connectivity index (χ0v) is 37.4. The first-order valence-electron chi connectivity index (χ1n) is 20.9. The minimum absolute atomic E-state index is 0.00123. The Morgan fingerprint density at radius 1 is 0.127 bits per heavy atom. The van der Waals surface area contributed by atoms with Crippen molar-refractivity contribution in [3.05, 3.63) is 0 Å². The average molecular weight is 826 g/mol. The van der Waals surface area contributed by atoms with E-state index in [1.807, 2.05) is 0 Å². The quantitative estimate of drug-likeness (QED) is 0.0961. The summed E-state index contributed by atoms with van der Waals surface area (Å²) < 4.78 is 6.52. The van der Waals surface area contributed by atoms with Crippen molar-refractivity contribution in [3.63, 3.8) is 0 Å². The predicted octanol–water partition coefficient (Wildman–Crippen LogP) is -18.7. The molecule has 9 aromatic carbocycles. The van der Waals surface area contributed by atoms with Crippen LogP contribution in [0.15, 0.2) is 4.42 Å². The van der Waals surface area contributed by atoms with Crippen molar-refractivity contribution >= 4 is 422 Å². The summed E-state index contributed by atoms with van der Waals surface area (Å²) in [6.45, 7) is 0.